The van der Waals surface area contributed by atoms with Crippen LogP contribution in [0.1, 0.15) is 38.5 Å². The van der Waals surface area contributed by atoms with Crippen molar-refractivity contribution in [3.63, 3.8) is 0 Å². The molecule has 1 aliphatic heterocycles. The number of nitrogens with one attached hydrogen (secondary N) is 1. The number of rotatable bonds is 9. The van der Waals surface area contributed by atoms with E-state index in [0.29, 0.717) is 41.8 Å². The van der Waals surface area contributed by atoms with Crippen LogP contribution in [0.3, 0.4) is 0 Å². The molecule has 3 rings (SSSR count). The molecule has 2 aromatic rings. The average molecular weight is 434 g/mol. The van der Waals surface area contributed by atoms with Crippen LogP contribution in [-0.4, -0.2) is 51.7 Å². The number of piperidine rings is 1. The van der Waals surface area contributed by atoms with Crippen LogP contribution in [0.5, 0.6) is 5.75 Å². The summed E-state index contributed by atoms with van der Waals surface area (Å²) in [4.78, 5) is 30.8. The molecule has 1 unspecified atom stereocenters. The number of ether oxygens (including phenoxy) is 1. The number of benzene rings is 1. The minimum atomic E-state index is -0.0770. The van der Waals surface area contributed by atoms with Crippen LogP contribution in [-0.2, 0) is 16.1 Å². The Kier molecular flexibility index (Phi) is 8.07. The zero-order chi connectivity index (χ0) is 21.3. The third-order valence-electron chi connectivity index (χ3n) is 5.33. The fraction of sp³-hybridized carbons (Fsp3) is 0.524. The third kappa shape index (κ3) is 6.45. The van der Waals surface area contributed by atoms with Gasteiger partial charge in [-0.2, -0.15) is 5.10 Å². The number of nitrogens with zero attached hydrogens (tertiary/aromatic N) is 4. The number of carbonyl (C=O) groups excluding carboxylic acids is 2. The minimum Gasteiger partial charge on any atom is -0.495 e. The summed E-state index contributed by atoms with van der Waals surface area (Å²) in [5.74, 6) is 1.01. The number of aromatic nitrogens is 3. The maximum absolute atomic E-state index is 12.5. The van der Waals surface area contributed by atoms with Crippen molar-refractivity contribution in [1.82, 2.24) is 19.7 Å². The molecule has 1 aliphatic rings. The van der Waals surface area contributed by atoms with Gasteiger partial charge in [-0.05, 0) is 49.8 Å². The van der Waals surface area contributed by atoms with Gasteiger partial charge in [0.1, 0.15) is 18.4 Å². The highest BCUT2D eigenvalue weighted by molar-refractivity contribution is 6.31. The summed E-state index contributed by atoms with van der Waals surface area (Å²) in [5.41, 5.74) is 0.572. The molecular formula is C21H28ClN5O3. The quantitative estimate of drug-likeness (QED) is 0.654. The van der Waals surface area contributed by atoms with Gasteiger partial charge in [-0.25, -0.2) is 4.98 Å². The van der Waals surface area contributed by atoms with E-state index in [0.717, 1.165) is 38.8 Å². The smallest absolute Gasteiger partial charge is 0.224 e. The fourth-order valence-electron chi connectivity index (χ4n) is 3.75. The predicted molar refractivity (Wildman–Crippen MR) is 114 cm³/mol. The summed E-state index contributed by atoms with van der Waals surface area (Å²) in [6, 6.07) is 5.12. The number of hydrogen-bond donors (Lipinski definition) is 1. The summed E-state index contributed by atoms with van der Waals surface area (Å²) in [6.07, 6.45) is 7.56. The molecular weight excluding hydrogens is 406 g/mol. The van der Waals surface area contributed by atoms with Gasteiger partial charge < -0.3 is 15.0 Å². The second-order valence-corrected chi connectivity index (χ2v) is 7.98. The Balaban J connectivity index is 1.41. The van der Waals surface area contributed by atoms with Crippen LogP contribution in [0.15, 0.2) is 30.9 Å². The van der Waals surface area contributed by atoms with E-state index < -0.39 is 0 Å². The normalized spacial score (nSPS) is 16.3. The standard InChI is InChI=1S/C21H28ClN5O3/c1-30-19-8-7-17(22)12-18(19)25-20(28)9-6-16-4-2-10-26(13-16)21(29)5-3-11-27-15-23-14-24-27/h7-8,12,14-16H,2-6,9-11,13H2,1H3,(H,25,28). The molecule has 1 fully saturated rings. The van der Waals surface area contributed by atoms with Crippen LogP contribution in [0, 0.1) is 5.92 Å². The molecule has 0 radical (unpaired) electrons. The maximum atomic E-state index is 12.5. The van der Waals surface area contributed by atoms with Gasteiger partial charge in [-0.15, -0.1) is 0 Å². The number of likely N-dealkylation sites (tertiary alicyclic amines) is 1. The Hall–Kier alpha value is -2.61. The lowest BCUT2D eigenvalue weighted by molar-refractivity contribution is -0.133. The molecule has 2 amide bonds. The first-order chi connectivity index (χ1) is 14.5. The van der Waals surface area contributed by atoms with Crippen LogP contribution in [0.25, 0.3) is 0 Å². The van der Waals surface area contributed by atoms with Crippen LogP contribution in [0.2, 0.25) is 5.02 Å². The molecule has 9 heteroatoms. The molecule has 1 aromatic carbocycles. The third-order valence-corrected chi connectivity index (χ3v) is 5.57. The lowest BCUT2D eigenvalue weighted by Gasteiger charge is -2.33. The van der Waals surface area contributed by atoms with E-state index in [1.54, 1.807) is 36.3 Å². The first-order valence-corrected chi connectivity index (χ1v) is 10.7. The molecule has 0 saturated carbocycles. The number of aryl methyl sites for hydroxylation is 1. The van der Waals surface area contributed by atoms with Gasteiger partial charge in [0.15, 0.2) is 0 Å². The molecule has 30 heavy (non-hydrogen) atoms. The van der Waals surface area contributed by atoms with Crippen LogP contribution < -0.4 is 10.1 Å². The highest BCUT2D eigenvalue weighted by atomic mass is 35.5. The number of amides is 2. The Bertz CT molecular complexity index is 843. The van der Waals surface area contributed by atoms with Crippen molar-refractivity contribution >= 4 is 29.1 Å². The number of hydrogen-bond acceptors (Lipinski definition) is 5. The molecule has 2 heterocycles. The number of anilines is 1. The number of halogens is 1. The molecule has 162 valence electrons. The molecule has 1 N–H and O–H groups in total. The van der Waals surface area contributed by atoms with Crippen molar-refractivity contribution in [2.75, 3.05) is 25.5 Å². The summed E-state index contributed by atoms with van der Waals surface area (Å²) < 4.78 is 7.00. The van der Waals surface area contributed by atoms with E-state index in [-0.39, 0.29) is 11.8 Å². The number of carbonyl (C=O) groups is 2. The van der Waals surface area contributed by atoms with Crippen LogP contribution >= 0.6 is 11.6 Å². The topological polar surface area (TPSA) is 89.4 Å². The monoisotopic (exact) mass is 433 g/mol. The van der Waals surface area contributed by atoms with Gasteiger partial charge in [0, 0.05) is 37.5 Å². The molecule has 1 saturated heterocycles. The van der Waals surface area contributed by atoms with Crippen molar-refractivity contribution in [1.29, 1.82) is 0 Å². The van der Waals surface area contributed by atoms with E-state index >= 15 is 0 Å². The zero-order valence-electron chi connectivity index (χ0n) is 17.2. The van der Waals surface area contributed by atoms with E-state index in [9.17, 15) is 9.59 Å². The van der Waals surface area contributed by atoms with E-state index in [4.69, 9.17) is 16.3 Å². The Labute approximate surface area is 181 Å². The molecule has 0 aliphatic carbocycles. The van der Waals surface area contributed by atoms with Gasteiger partial charge in [-0.3, -0.25) is 14.3 Å². The van der Waals surface area contributed by atoms with E-state index in [1.807, 2.05) is 4.90 Å². The SMILES string of the molecule is COc1ccc(Cl)cc1NC(=O)CCC1CCCN(C(=O)CCCn2cncn2)C1. The lowest BCUT2D eigenvalue weighted by Crippen LogP contribution is -2.40. The molecule has 8 nitrogen and oxygen atoms in total. The van der Waals surface area contributed by atoms with Crippen molar-refractivity contribution < 1.29 is 14.3 Å². The largest absolute Gasteiger partial charge is 0.495 e. The highest BCUT2D eigenvalue weighted by Crippen LogP contribution is 2.28. The average Bonchev–Trinajstić information content (AvgIpc) is 3.26. The fourth-order valence-corrected chi connectivity index (χ4v) is 3.92. The first kappa shape index (κ1) is 22.1. The number of methoxy groups -OCH3 is 1. The van der Waals surface area contributed by atoms with E-state index in [1.165, 1.54) is 6.33 Å². The molecule has 1 atom stereocenters. The predicted octanol–water partition coefficient (Wildman–Crippen LogP) is 3.38. The lowest BCUT2D eigenvalue weighted by atomic mass is 9.93. The summed E-state index contributed by atoms with van der Waals surface area (Å²) in [5, 5.41) is 7.46. The highest BCUT2D eigenvalue weighted by Gasteiger charge is 2.24. The minimum absolute atomic E-state index is 0.0770. The van der Waals surface area contributed by atoms with Gasteiger partial charge in [0.05, 0.1) is 12.8 Å². The van der Waals surface area contributed by atoms with E-state index in [2.05, 4.69) is 15.4 Å². The Morgan fingerprint density at radius 1 is 1.33 bits per heavy atom. The molecule has 0 spiro atoms. The molecule has 0 bridgehead atoms. The van der Waals surface area contributed by atoms with Crippen LogP contribution in [0.4, 0.5) is 5.69 Å². The van der Waals surface area contributed by atoms with Gasteiger partial charge in [0.25, 0.3) is 0 Å². The maximum Gasteiger partial charge on any atom is 0.224 e. The van der Waals surface area contributed by atoms with Gasteiger partial charge >= 0.3 is 0 Å². The summed E-state index contributed by atoms with van der Waals surface area (Å²) in [7, 11) is 1.55. The Morgan fingerprint density at radius 3 is 2.97 bits per heavy atom. The summed E-state index contributed by atoms with van der Waals surface area (Å²) in [6.45, 7) is 2.20. The first-order valence-electron chi connectivity index (χ1n) is 10.3. The van der Waals surface area contributed by atoms with Crippen molar-refractivity contribution in [2.45, 2.75) is 45.1 Å². The zero-order valence-corrected chi connectivity index (χ0v) is 18.0. The second kappa shape index (κ2) is 11.0. The van der Waals surface area contributed by atoms with Crippen molar-refractivity contribution in [3.8, 4) is 5.75 Å². The second-order valence-electron chi connectivity index (χ2n) is 7.54. The molecule has 1 aromatic heterocycles. The van der Waals surface area contributed by atoms with Gasteiger partial charge in [0.2, 0.25) is 11.8 Å². The van der Waals surface area contributed by atoms with Crippen molar-refractivity contribution in [3.05, 3.63) is 35.9 Å². The van der Waals surface area contributed by atoms with Gasteiger partial charge in [-0.1, -0.05) is 11.6 Å². The summed E-state index contributed by atoms with van der Waals surface area (Å²) >= 11 is 6.01. The Morgan fingerprint density at radius 2 is 2.20 bits per heavy atom. The van der Waals surface area contributed by atoms with Crippen molar-refractivity contribution in [2.24, 2.45) is 5.92 Å².